The van der Waals surface area contributed by atoms with Crippen LogP contribution in [0.25, 0.3) is 0 Å². The Morgan fingerprint density at radius 3 is 2.67 bits per heavy atom. The molecular weight excluding hydrogens is 372 g/mol. The quantitative estimate of drug-likeness (QED) is 0.715. The Morgan fingerprint density at radius 2 is 2.04 bits per heavy atom. The first-order chi connectivity index (χ1) is 11.5. The molecular formula is C17H23BrN4O2. The van der Waals surface area contributed by atoms with Crippen LogP contribution in [0, 0.1) is 12.8 Å². The molecule has 1 aliphatic rings. The normalized spacial score (nSPS) is 16.0. The van der Waals surface area contributed by atoms with Crippen molar-refractivity contribution in [2.24, 2.45) is 5.92 Å². The van der Waals surface area contributed by atoms with Gasteiger partial charge in [0.15, 0.2) is 5.82 Å². The van der Waals surface area contributed by atoms with Crippen LogP contribution in [-0.2, 0) is 0 Å². The minimum atomic E-state index is 0.288. The fraction of sp³-hybridized carbons (Fsp3) is 0.588. The predicted octanol–water partition coefficient (Wildman–Crippen LogP) is 3.95. The van der Waals surface area contributed by atoms with E-state index in [1.807, 2.05) is 19.1 Å². The summed E-state index contributed by atoms with van der Waals surface area (Å²) in [5, 5.41) is 4.04. The third-order valence-electron chi connectivity index (χ3n) is 4.31. The van der Waals surface area contributed by atoms with E-state index in [9.17, 15) is 0 Å². The Kier molecular flexibility index (Phi) is 5.38. The van der Waals surface area contributed by atoms with E-state index in [1.165, 1.54) is 0 Å². The Bertz CT molecular complexity index is 681. The fourth-order valence-electron chi connectivity index (χ4n) is 2.76. The number of halogens is 1. The van der Waals surface area contributed by atoms with Crippen molar-refractivity contribution in [1.29, 1.82) is 0 Å². The van der Waals surface area contributed by atoms with Crippen LogP contribution in [-0.4, -0.2) is 34.8 Å². The first-order valence-electron chi connectivity index (χ1n) is 8.37. The highest BCUT2D eigenvalue weighted by molar-refractivity contribution is 9.10. The lowest BCUT2D eigenvalue weighted by Gasteiger charge is -2.30. The topological polar surface area (TPSA) is 64.3 Å². The lowest BCUT2D eigenvalue weighted by Crippen LogP contribution is -2.35. The van der Waals surface area contributed by atoms with Gasteiger partial charge in [-0.25, -0.2) is 4.98 Å². The molecule has 1 fully saturated rings. The summed E-state index contributed by atoms with van der Waals surface area (Å²) in [6, 6.07) is 4.52. The van der Waals surface area contributed by atoms with Crippen LogP contribution in [0.1, 0.15) is 44.1 Å². The SMILES string of the molecule is Cc1nc(Br)ccc1OCC1CCN(c2nc(C(C)C)no2)CC1. The molecule has 0 atom stereocenters. The van der Waals surface area contributed by atoms with Crippen LogP contribution in [0.15, 0.2) is 21.3 Å². The molecule has 0 spiro atoms. The van der Waals surface area contributed by atoms with Gasteiger partial charge in [-0.3, -0.25) is 0 Å². The molecule has 1 saturated heterocycles. The smallest absolute Gasteiger partial charge is 0.324 e. The molecule has 0 aliphatic carbocycles. The van der Waals surface area contributed by atoms with Crippen LogP contribution in [0.2, 0.25) is 0 Å². The van der Waals surface area contributed by atoms with Crippen molar-refractivity contribution in [3.05, 3.63) is 28.3 Å². The van der Waals surface area contributed by atoms with E-state index >= 15 is 0 Å². The van der Waals surface area contributed by atoms with Gasteiger partial charge in [-0.1, -0.05) is 19.0 Å². The first-order valence-corrected chi connectivity index (χ1v) is 9.16. The minimum absolute atomic E-state index is 0.288. The van der Waals surface area contributed by atoms with E-state index in [2.05, 4.69) is 49.8 Å². The van der Waals surface area contributed by atoms with Crippen molar-refractivity contribution in [2.75, 3.05) is 24.6 Å². The van der Waals surface area contributed by atoms with Gasteiger partial charge in [-0.15, -0.1) is 0 Å². The zero-order chi connectivity index (χ0) is 17.1. The zero-order valence-electron chi connectivity index (χ0n) is 14.3. The van der Waals surface area contributed by atoms with Gasteiger partial charge >= 0.3 is 6.01 Å². The molecule has 0 N–H and O–H groups in total. The number of rotatable bonds is 5. The monoisotopic (exact) mass is 394 g/mol. The third-order valence-corrected chi connectivity index (χ3v) is 4.75. The van der Waals surface area contributed by atoms with Crippen molar-refractivity contribution in [2.45, 2.75) is 39.5 Å². The Morgan fingerprint density at radius 1 is 1.29 bits per heavy atom. The maximum absolute atomic E-state index is 5.95. The van der Waals surface area contributed by atoms with E-state index in [1.54, 1.807) is 0 Å². The highest BCUT2D eigenvalue weighted by Gasteiger charge is 2.24. The number of ether oxygens (including phenoxy) is 1. The van der Waals surface area contributed by atoms with Gasteiger partial charge < -0.3 is 14.2 Å². The first kappa shape index (κ1) is 17.2. The maximum Gasteiger partial charge on any atom is 0.324 e. The minimum Gasteiger partial charge on any atom is -0.491 e. The standard InChI is InChI=1S/C17H23BrN4O2/c1-11(2)16-20-17(24-21-16)22-8-6-13(7-9-22)10-23-14-4-5-15(18)19-12(14)3/h4-5,11,13H,6-10H2,1-3H3. The molecule has 0 unspecified atom stereocenters. The van der Waals surface area contributed by atoms with Gasteiger partial charge in [0.1, 0.15) is 10.4 Å². The summed E-state index contributed by atoms with van der Waals surface area (Å²) in [5.74, 6) is 2.46. The van der Waals surface area contributed by atoms with Crippen LogP contribution in [0.4, 0.5) is 6.01 Å². The van der Waals surface area contributed by atoms with Gasteiger partial charge in [0.05, 0.1) is 12.3 Å². The molecule has 2 aromatic rings. The van der Waals surface area contributed by atoms with Gasteiger partial charge in [-0.2, -0.15) is 4.98 Å². The number of hydrogen-bond acceptors (Lipinski definition) is 6. The lowest BCUT2D eigenvalue weighted by atomic mass is 9.98. The molecule has 7 heteroatoms. The Balaban J connectivity index is 1.49. The lowest BCUT2D eigenvalue weighted by molar-refractivity contribution is 0.218. The molecule has 3 rings (SSSR count). The molecule has 24 heavy (non-hydrogen) atoms. The summed E-state index contributed by atoms with van der Waals surface area (Å²) < 4.78 is 12.2. The summed E-state index contributed by atoms with van der Waals surface area (Å²) in [6.45, 7) is 8.66. The van der Waals surface area contributed by atoms with Crippen LogP contribution >= 0.6 is 15.9 Å². The number of nitrogens with zero attached hydrogens (tertiary/aromatic N) is 4. The molecule has 1 aliphatic heterocycles. The summed E-state index contributed by atoms with van der Waals surface area (Å²) in [5.41, 5.74) is 0.911. The summed E-state index contributed by atoms with van der Waals surface area (Å²) in [6.07, 6.45) is 2.12. The van der Waals surface area contributed by atoms with Gasteiger partial charge in [0.2, 0.25) is 0 Å². The molecule has 130 valence electrons. The van der Waals surface area contributed by atoms with Crippen LogP contribution in [0.5, 0.6) is 5.75 Å². The van der Waals surface area contributed by atoms with Gasteiger partial charge in [-0.05, 0) is 53.7 Å². The summed E-state index contributed by atoms with van der Waals surface area (Å²) in [4.78, 5) is 11.0. The zero-order valence-corrected chi connectivity index (χ0v) is 15.9. The highest BCUT2D eigenvalue weighted by Crippen LogP contribution is 2.25. The van der Waals surface area contributed by atoms with Crippen LogP contribution < -0.4 is 9.64 Å². The van der Waals surface area contributed by atoms with Crippen molar-refractivity contribution in [3.8, 4) is 5.75 Å². The third kappa shape index (κ3) is 4.06. The number of pyridine rings is 1. The van der Waals surface area contributed by atoms with E-state index < -0.39 is 0 Å². The molecule has 0 aromatic carbocycles. The second kappa shape index (κ2) is 7.51. The van der Waals surface area contributed by atoms with Crippen molar-refractivity contribution in [3.63, 3.8) is 0 Å². The number of aryl methyl sites for hydroxylation is 1. The molecule has 0 bridgehead atoms. The Labute approximate surface area is 150 Å². The predicted molar refractivity (Wildman–Crippen MR) is 95.5 cm³/mol. The Hall–Kier alpha value is -1.63. The van der Waals surface area contributed by atoms with E-state index in [0.29, 0.717) is 11.9 Å². The molecule has 3 heterocycles. The van der Waals surface area contributed by atoms with E-state index in [4.69, 9.17) is 9.26 Å². The summed E-state index contributed by atoms with van der Waals surface area (Å²) in [7, 11) is 0. The second-order valence-corrected chi connectivity index (χ2v) is 7.36. The summed E-state index contributed by atoms with van der Waals surface area (Å²) >= 11 is 3.37. The highest BCUT2D eigenvalue weighted by atomic mass is 79.9. The molecule has 0 amide bonds. The van der Waals surface area contributed by atoms with Crippen LogP contribution in [0.3, 0.4) is 0 Å². The van der Waals surface area contributed by atoms with Crippen molar-refractivity contribution >= 4 is 21.9 Å². The molecule has 6 nitrogen and oxygen atoms in total. The average Bonchev–Trinajstić information content (AvgIpc) is 3.05. The van der Waals surface area contributed by atoms with E-state index in [-0.39, 0.29) is 5.92 Å². The fourth-order valence-corrected chi connectivity index (χ4v) is 3.16. The molecule has 0 radical (unpaired) electrons. The van der Waals surface area contributed by atoms with Gasteiger partial charge in [0, 0.05) is 19.0 Å². The number of piperidine rings is 1. The number of anilines is 1. The number of aromatic nitrogens is 3. The van der Waals surface area contributed by atoms with Gasteiger partial charge in [0.25, 0.3) is 0 Å². The van der Waals surface area contributed by atoms with E-state index in [0.717, 1.165) is 54.4 Å². The van der Waals surface area contributed by atoms with Crippen molar-refractivity contribution in [1.82, 2.24) is 15.1 Å². The van der Waals surface area contributed by atoms with Crippen molar-refractivity contribution < 1.29 is 9.26 Å². The molecule has 2 aromatic heterocycles. The molecule has 0 saturated carbocycles. The largest absolute Gasteiger partial charge is 0.491 e. The second-order valence-electron chi connectivity index (χ2n) is 6.55. The maximum atomic E-state index is 5.95. The number of hydrogen-bond donors (Lipinski definition) is 0. The average molecular weight is 395 g/mol.